The van der Waals surface area contributed by atoms with Crippen LogP contribution in [0.2, 0.25) is 10.0 Å². The molecule has 0 radical (unpaired) electrons. The van der Waals surface area contributed by atoms with Crippen molar-refractivity contribution in [3.63, 3.8) is 0 Å². The van der Waals surface area contributed by atoms with Gasteiger partial charge in [-0.3, -0.25) is 4.68 Å². The molecule has 172 valence electrons. The molecular weight excluding hydrogens is 467 g/mol. The van der Waals surface area contributed by atoms with Gasteiger partial charge in [-0.25, -0.2) is 9.97 Å². The smallest absolute Gasteiger partial charge is 0.227 e. The molecule has 2 atom stereocenters. The highest BCUT2D eigenvalue weighted by Gasteiger charge is 2.34. The van der Waals surface area contributed by atoms with Crippen molar-refractivity contribution in [1.29, 1.82) is 0 Å². The minimum Gasteiger partial charge on any atom is -0.495 e. The highest BCUT2D eigenvalue weighted by atomic mass is 35.5. The Kier molecular flexibility index (Phi) is 5.90. The number of methoxy groups -OCH3 is 2. The van der Waals surface area contributed by atoms with Gasteiger partial charge in [0, 0.05) is 23.9 Å². The van der Waals surface area contributed by atoms with Gasteiger partial charge in [0.15, 0.2) is 5.75 Å². The van der Waals surface area contributed by atoms with E-state index in [1.165, 1.54) is 19.8 Å². The normalized spacial score (nSPS) is 18.6. The minimum absolute atomic E-state index is 0.0984. The van der Waals surface area contributed by atoms with Crippen molar-refractivity contribution < 1.29 is 14.2 Å². The topological polar surface area (TPSA) is 95.4 Å². The summed E-state index contributed by atoms with van der Waals surface area (Å²) < 4.78 is 18.4. The van der Waals surface area contributed by atoms with Gasteiger partial charge in [0.25, 0.3) is 0 Å². The number of hydrogen-bond acceptors (Lipinski definition) is 8. The number of fused-ring (bicyclic) bond motifs is 2. The van der Waals surface area contributed by atoms with E-state index in [-0.39, 0.29) is 6.61 Å². The number of hydrogen-bond donors (Lipinski definition) is 2. The quantitative estimate of drug-likeness (QED) is 0.478. The van der Waals surface area contributed by atoms with Crippen molar-refractivity contribution in [2.45, 2.75) is 31.5 Å². The zero-order valence-electron chi connectivity index (χ0n) is 18.0. The Morgan fingerprint density at radius 2 is 1.85 bits per heavy atom. The van der Waals surface area contributed by atoms with E-state index in [4.69, 9.17) is 37.4 Å². The Morgan fingerprint density at radius 1 is 1.12 bits per heavy atom. The first kappa shape index (κ1) is 21.7. The maximum absolute atomic E-state index is 6.39. The molecule has 0 unspecified atom stereocenters. The molecule has 3 aromatic rings. The average Bonchev–Trinajstić information content (AvgIpc) is 3.58. The van der Waals surface area contributed by atoms with Gasteiger partial charge in [0.1, 0.15) is 18.1 Å². The number of nitrogens with one attached hydrogen (secondary N) is 2. The zero-order chi connectivity index (χ0) is 22.9. The van der Waals surface area contributed by atoms with Gasteiger partial charge in [-0.05, 0) is 24.6 Å². The number of anilines is 2. The molecule has 0 saturated heterocycles. The Hall–Kier alpha value is -3.17. The number of halogens is 2. The van der Waals surface area contributed by atoms with Gasteiger partial charge in [-0.2, -0.15) is 5.10 Å². The summed E-state index contributed by atoms with van der Waals surface area (Å²) in [4.78, 5) is 8.65. The van der Waals surface area contributed by atoms with Gasteiger partial charge >= 0.3 is 0 Å². The first-order valence-corrected chi connectivity index (χ1v) is 11.1. The standard InChI is InChI=1S/C22H22Cl2N6O3/c1-31-18-5-19(32-2)21(24)16(20(18)23)11-33-15-8-26-22(27-9-15)29-14-7-28-30(10-14)17-4-13-3-12(17)6-25-13/h5-10,13,17,25H,3-4,11H2,1-2H3,(H,26,27,29)/t13-,17-/m0/s1. The first-order chi connectivity index (χ1) is 16.1. The number of ether oxygens (including phenoxy) is 3. The fourth-order valence-electron chi connectivity index (χ4n) is 4.09. The van der Waals surface area contributed by atoms with Crippen molar-refractivity contribution in [2.75, 3.05) is 19.5 Å². The lowest BCUT2D eigenvalue weighted by atomic mass is 10.1. The second-order valence-corrected chi connectivity index (χ2v) is 8.55. The number of rotatable bonds is 8. The summed E-state index contributed by atoms with van der Waals surface area (Å²) >= 11 is 12.8. The molecule has 1 aromatic carbocycles. The maximum atomic E-state index is 6.39. The van der Waals surface area contributed by atoms with Crippen LogP contribution in [0.25, 0.3) is 0 Å². The summed E-state index contributed by atoms with van der Waals surface area (Å²) in [7, 11) is 3.05. The van der Waals surface area contributed by atoms with Crippen LogP contribution in [0.15, 0.2) is 42.6 Å². The molecule has 2 aliphatic rings. The Labute approximate surface area is 200 Å². The molecule has 11 heteroatoms. The van der Waals surface area contributed by atoms with Crippen LogP contribution < -0.4 is 24.8 Å². The third-order valence-corrected chi connectivity index (χ3v) is 6.60. The number of benzene rings is 1. The Bertz CT molecular complexity index is 1170. The van der Waals surface area contributed by atoms with E-state index in [1.54, 1.807) is 24.7 Å². The van der Waals surface area contributed by atoms with Crippen molar-refractivity contribution in [3.05, 3.63) is 58.2 Å². The molecule has 0 amide bonds. The molecule has 2 bridgehead atoms. The van der Waals surface area contributed by atoms with Crippen LogP contribution in [0.4, 0.5) is 11.6 Å². The Morgan fingerprint density at radius 3 is 2.45 bits per heavy atom. The van der Waals surface area contributed by atoms with Gasteiger partial charge in [-0.15, -0.1) is 0 Å². The van der Waals surface area contributed by atoms with E-state index in [9.17, 15) is 0 Å². The fraction of sp³-hybridized carbons (Fsp3) is 0.318. The maximum Gasteiger partial charge on any atom is 0.227 e. The highest BCUT2D eigenvalue weighted by Crippen LogP contribution is 2.41. The van der Waals surface area contributed by atoms with Crippen LogP contribution in [0, 0.1) is 0 Å². The summed E-state index contributed by atoms with van der Waals surface area (Å²) in [5.74, 6) is 1.80. The molecule has 3 heterocycles. The summed E-state index contributed by atoms with van der Waals surface area (Å²) in [6.45, 7) is 0.0984. The van der Waals surface area contributed by atoms with E-state index in [0.29, 0.717) is 50.9 Å². The van der Waals surface area contributed by atoms with E-state index in [0.717, 1.165) is 18.5 Å². The van der Waals surface area contributed by atoms with Crippen LogP contribution in [0.1, 0.15) is 24.4 Å². The van der Waals surface area contributed by atoms with Gasteiger partial charge in [-0.1, -0.05) is 23.2 Å². The number of nitrogens with zero attached hydrogens (tertiary/aromatic N) is 4. The zero-order valence-corrected chi connectivity index (χ0v) is 19.5. The summed E-state index contributed by atoms with van der Waals surface area (Å²) in [5, 5.41) is 11.8. The molecule has 2 aromatic heterocycles. The fourth-order valence-corrected chi connectivity index (χ4v) is 4.70. The third kappa shape index (κ3) is 4.26. The second kappa shape index (κ2) is 8.99. The van der Waals surface area contributed by atoms with E-state index < -0.39 is 0 Å². The average molecular weight is 489 g/mol. The molecule has 1 aliphatic carbocycles. The largest absolute Gasteiger partial charge is 0.495 e. The molecule has 5 rings (SSSR count). The van der Waals surface area contributed by atoms with Gasteiger partial charge < -0.3 is 24.8 Å². The van der Waals surface area contributed by atoms with E-state index in [2.05, 4.69) is 31.9 Å². The lowest BCUT2D eigenvalue weighted by Crippen LogP contribution is -2.22. The van der Waals surface area contributed by atoms with Gasteiger partial charge in [0.05, 0.1) is 54.6 Å². The first-order valence-electron chi connectivity index (χ1n) is 10.4. The van der Waals surface area contributed by atoms with Crippen molar-refractivity contribution in [3.8, 4) is 17.2 Å². The molecule has 1 aliphatic heterocycles. The van der Waals surface area contributed by atoms with Crippen LogP contribution in [-0.2, 0) is 6.61 Å². The number of aromatic nitrogens is 4. The molecule has 33 heavy (non-hydrogen) atoms. The van der Waals surface area contributed by atoms with Gasteiger partial charge in [0.2, 0.25) is 5.95 Å². The van der Waals surface area contributed by atoms with E-state index in [1.807, 2.05) is 10.9 Å². The van der Waals surface area contributed by atoms with Crippen LogP contribution >= 0.6 is 23.2 Å². The van der Waals surface area contributed by atoms with Crippen molar-refractivity contribution in [2.24, 2.45) is 0 Å². The summed E-state index contributed by atoms with van der Waals surface area (Å²) in [6.07, 6.45) is 11.2. The molecule has 1 saturated carbocycles. The molecule has 1 fully saturated rings. The van der Waals surface area contributed by atoms with E-state index >= 15 is 0 Å². The van der Waals surface area contributed by atoms with Crippen molar-refractivity contribution >= 4 is 34.8 Å². The molecule has 9 nitrogen and oxygen atoms in total. The molecule has 0 spiro atoms. The van der Waals surface area contributed by atoms with Crippen LogP contribution in [0.3, 0.4) is 0 Å². The SMILES string of the molecule is COc1cc(OC)c(Cl)c(COc2cnc(Nc3cnn([C@H]4C[C@@H]5CC4=CN5)c3)nc2)c1Cl. The molecule has 2 N–H and O–H groups in total. The predicted octanol–water partition coefficient (Wildman–Crippen LogP) is 4.51. The lowest BCUT2D eigenvalue weighted by Gasteiger charge is -2.17. The van der Waals surface area contributed by atoms with Crippen molar-refractivity contribution in [1.82, 2.24) is 25.1 Å². The Balaban J connectivity index is 1.23. The summed E-state index contributed by atoms with van der Waals surface area (Å²) in [5.41, 5.74) is 2.76. The summed E-state index contributed by atoms with van der Waals surface area (Å²) in [6, 6.07) is 2.48. The van der Waals surface area contributed by atoms with Crippen LogP contribution in [-0.4, -0.2) is 40.0 Å². The minimum atomic E-state index is 0.0984. The van der Waals surface area contributed by atoms with Crippen LogP contribution in [0.5, 0.6) is 17.2 Å². The second-order valence-electron chi connectivity index (χ2n) is 7.79. The highest BCUT2D eigenvalue weighted by molar-refractivity contribution is 6.37. The third-order valence-electron chi connectivity index (χ3n) is 5.78. The predicted molar refractivity (Wildman–Crippen MR) is 125 cm³/mol. The lowest BCUT2D eigenvalue weighted by molar-refractivity contribution is 0.301. The molecular formula is C22H22Cl2N6O3. The monoisotopic (exact) mass is 488 g/mol.